The molecule has 2 aromatic rings. The van der Waals surface area contributed by atoms with Crippen LogP contribution >= 0.6 is 24.8 Å². The molecule has 0 spiro atoms. The summed E-state index contributed by atoms with van der Waals surface area (Å²) in [6.07, 6.45) is 1.89. The average molecular weight is 475 g/mol. The zero-order chi connectivity index (χ0) is 20.3. The Morgan fingerprint density at radius 1 is 0.867 bits per heavy atom. The Kier molecular flexibility index (Phi) is 9.88. The molecule has 0 amide bonds. The first-order valence-corrected chi connectivity index (χ1v) is 11.4. The number of nitrogens with one attached hydrogen (secondary N) is 1. The Labute approximate surface area is 192 Å². The van der Waals surface area contributed by atoms with Gasteiger partial charge in [0.15, 0.2) is 0 Å². The van der Waals surface area contributed by atoms with Gasteiger partial charge in [0.05, 0.1) is 5.25 Å². The van der Waals surface area contributed by atoms with Gasteiger partial charge < -0.3 is 4.90 Å². The number of rotatable bonds is 6. The second-order valence-electron chi connectivity index (χ2n) is 7.80. The molecule has 0 saturated carbocycles. The number of pyridine rings is 1. The number of sulfonamides is 1. The summed E-state index contributed by atoms with van der Waals surface area (Å²) in [5.74, 6) is 1.01. The van der Waals surface area contributed by atoms with Crippen LogP contribution in [0.3, 0.4) is 0 Å². The van der Waals surface area contributed by atoms with E-state index >= 15 is 0 Å². The lowest BCUT2D eigenvalue weighted by molar-refractivity contribution is 0.209. The third kappa shape index (κ3) is 6.48. The lowest BCUT2D eigenvalue weighted by Gasteiger charge is -2.37. The van der Waals surface area contributed by atoms with Crippen molar-refractivity contribution < 1.29 is 8.42 Å². The number of benzene rings is 1. The summed E-state index contributed by atoms with van der Waals surface area (Å²) in [4.78, 5) is 9.46. The fourth-order valence-electron chi connectivity index (χ4n) is 3.22. The summed E-state index contributed by atoms with van der Waals surface area (Å²) in [7, 11) is -3.33. The maximum Gasteiger partial charge on any atom is 0.235 e. The van der Waals surface area contributed by atoms with Crippen molar-refractivity contribution in [1.29, 1.82) is 0 Å². The molecule has 0 radical (unpaired) electrons. The summed E-state index contributed by atoms with van der Waals surface area (Å²) < 4.78 is 26.5. The third-order valence-electron chi connectivity index (χ3n) is 5.22. The predicted octanol–water partition coefficient (Wildman–Crippen LogP) is 4.27. The minimum atomic E-state index is -3.33. The lowest BCUT2D eigenvalue weighted by Crippen LogP contribution is -2.49. The Balaban J connectivity index is 0.00000225. The van der Waals surface area contributed by atoms with Gasteiger partial charge in [-0.2, -0.15) is 0 Å². The smallest absolute Gasteiger partial charge is 0.235 e. The maximum atomic E-state index is 12.0. The third-order valence-corrected chi connectivity index (χ3v) is 6.98. The van der Waals surface area contributed by atoms with Crippen LogP contribution in [0, 0.1) is 0 Å². The van der Waals surface area contributed by atoms with E-state index < -0.39 is 15.3 Å². The molecule has 1 aromatic carbocycles. The van der Waals surface area contributed by atoms with Crippen LogP contribution in [0.25, 0.3) is 11.1 Å². The highest BCUT2D eigenvalue weighted by molar-refractivity contribution is 7.93. The molecule has 2 heterocycles. The van der Waals surface area contributed by atoms with E-state index in [2.05, 4.69) is 45.5 Å². The number of aromatic nitrogens is 1. The highest BCUT2D eigenvalue weighted by Gasteiger charge is 2.19. The highest BCUT2D eigenvalue weighted by atomic mass is 35.5. The summed E-state index contributed by atoms with van der Waals surface area (Å²) >= 11 is 0. The van der Waals surface area contributed by atoms with Gasteiger partial charge >= 0.3 is 0 Å². The molecule has 168 valence electrons. The molecule has 0 aliphatic carbocycles. The van der Waals surface area contributed by atoms with E-state index in [-0.39, 0.29) is 24.8 Å². The van der Waals surface area contributed by atoms with E-state index in [1.165, 1.54) is 0 Å². The van der Waals surface area contributed by atoms with Crippen LogP contribution in [0.15, 0.2) is 42.6 Å². The van der Waals surface area contributed by atoms with E-state index in [9.17, 15) is 8.42 Å². The fraction of sp³-hybridized carbons (Fsp3) is 0.476. The number of piperazine rings is 1. The van der Waals surface area contributed by atoms with E-state index in [4.69, 9.17) is 0 Å². The van der Waals surface area contributed by atoms with Crippen LogP contribution in [0.4, 0.5) is 11.5 Å². The zero-order valence-electron chi connectivity index (χ0n) is 17.9. The van der Waals surface area contributed by atoms with E-state index in [1.807, 2.05) is 18.3 Å². The molecule has 6 nitrogen and oxygen atoms in total. The number of halogens is 2. The van der Waals surface area contributed by atoms with Gasteiger partial charge in [0.2, 0.25) is 10.0 Å². The maximum absolute atomic E-state index is 12.0. The van der Waals surface area contributed by atoms with E-state index in [0.29, 0.717) is 11.7 Å². The molecule has 30 heavy (non-hydrogen) atoms. The Morgan fingerprint density at radius 2 is 1.43 bits per heavy atom. The van der Waals surface area contributed by atoms with Gasteiger partial charge in [-0.15, -0.1) is 24.8 Å². The number of hydrogen-bond acceptors (Lipinski definition) is 5. The second-order valence-corrected chi connectivity index (χ2v) is 10.0. The SMILES string of the molecule is CC(C)N1CCN(c2ccc(-c3ccc(NS(=O)(=O)C(C)C)cc3)cn2)CC1.Cl.Cl. The predicted molar refractivity (Wildman–Crippen MR) is 131 cm³/mol. The van der Waals surface area contributed by atoms with Crippen LogP contribution in [0.2, 0.25) is 0 Å². The lowest BCUT2D eigenvalue weighted by atomic mass is 10.1. The van der Waals surface area contributed by atoms with Crippen LogP contribution in [0.5, 0.6) is 0 Å². The van der Waals surface area contributed by atoms with Gasteiger partial charge in [0.25, 0.3) is 0 Å². The van der Waals surface area contributed by atoms with Crippen molar-refractivity contribution in [2.45, 2.75) is 39.0 Å². The fourth-order valence-corrected chi connectivity index (χ4v) is 3.92. The minimum Gasteiger partial charge on any atom is -0.354 e. The molecular formula is C21H32Cl2N4O2S. The summed E-state index contributed by atoms with van der Waals surface area (Å²) in [6, 6.07) is 12.1. The molecule has 0 unspecified atom stereocenters. The van der Waals surface area contributed by atoms with Crippen LogP contribution in [0.1, 0.15) is 27.7 Å². The van der Waals surface area contributed by atoms with Crippen LogP contribution in [-0.4, -0.2) is 55.8 Å². The molecule has 1 fully saturated rings. The first kappa shape index (κ1) is 26.5. The van der Waals surface area contributed by atoms with Crippen molar-refractivity contribution in [3.8, 4) is 11.1 Å². The molecule has 1 aromatic heterocycles. The molecule has 9 heteroatoms. The largest absolute Gasteiger partial charge is 0.354 e. The Bertz CT molecular complexity index is 880. The monoisotopic (exact) mass is 474 g/mol. The van der Waals surface area contributed by atoms with Crippen molar-refractivity contribution in [3.05, 3.63) is 42.6 Å². The molecule has 1 aliphatic rings. The van der Waals surface area contributed by atoms with Gasteiger partial charge in [-0.05, 0) is 57.5 Å². The molecule has 3 rings (SSSR count). The van der Waals surface area contributed by atoms with Gasteiger partial charge in [0.1, 0.15) is 5.82 Å². The molecule has 1 saturated heterocycles. The first-order chi connectivity index (χ1) is 13.3. The Morgan fingerprint density at radius 3 is 1.90 bits per heavy atom. The molecule has 1 N–H and O–H groups in total. The van der Waals surface area contributed by atoms with E-state index in [1.54, 1.807) is 26.0 Å². The molecule has 0 atom stereocenters. The summed E-state index contributed by atoms with van der Waals surface area (Å²) in [5, 5.41) is -0.466. The Hall–Kier alpha value is -1.54. The van der Waals surface area contributed by atoms with Crippen molar-refractivity contribution >= 4 is 46.3 Å². The standard InChI is InChI=1S/C21H30N4O2S.2ClH/c1-16(2)24-11-13-25(14-12-24)21-10-7-19(15-22-21)18-5-8-20(9-6-18)23-28(26,27)17(3)4;;/h5-10,15-17,23H,11-14H2,1-4H3;2*1H. The summed E-state index contributed by atoms with van der Waals surface area (Å²) in [5.41, 5.74) is 2.60. The van der Waals surface area contributed by atoms with E-state index in [0.717, 1.165) is 43.1 Å². The zero-order valence-corrected chi connectivity index (χ0v) is 20.4. The first-order valence-electron chi connectivity index (χ1n) is 9.83. The van der Waals surface area contributed by atoms with Crippen LogP contribution in [-0.2, 0) is 10.0 Å². The van der Waals surface area contributed by atoms with Gasteiger partial charge in [-0.25, -0.2) is 13.4 Å². The van der Waals surface area contributed by atoms with Gasteiger partial charge in [-0.1, -0.05) is 12.1 Å². The average Bonchev–Trinajstić information content (AvgIpc) is 2.68. The topological polar surface area (TPSA) is 65.5 Å². The number of hydrogen-bond donors (Lipinski definition) is 1. The number of anilines is 2. The molecular weight excluding hydrogens is 443 g/mol. The van der Waals surface area contributed by atoms with Crippen molar-refractivity contribution in [1.82, 2.24) is 9.88 Å². The van der Waals surface area contributed by atoms with Gasteiger partial charge in [-0.3, -0.25) is 9.62 Å². The van der Waals surface area contributed by atoms with Crippen molar-refractivity contribution in [3.63, 3.8) is 0 Å². The molecule has 1 aliphatic heterocycles. The normalized spacial score (nSPS) is 14.9. The summed E-state index contributed by atoms with van der Waals surface area (Å²) in [6.45, 7) is 11.9. The van der Waals surface area contributed by atoms with Crippen molar-refractivity contribution in [2.24, 2.45) is 0 Å². The molecule has 0 bridgehead atoms. The quantitative estimate of drug-likeness (QED) is 0.676. The van der Waals surface area contributed by atoms with Crippen LogP contribution < -0.4 is 9.62 Å². The van der Waals surface area contributed by atoms with Gasteiger partial charge in [0, 0.05) is 49.7 Å². The second kappa shape index (κ2) is 11.2. The van der Waals surface area contributed by atoms with Crippen molar-refractivity contribution in [2.75, 3.05) is 35.8 Å². The number of nitrogens with zero attached hydrogens (tertiary/aromatic N) is 3. The minimum absolute atomic E-state index is 0. The highest BCUT2D eigenvalue weighted by Crippen LogP contribution is 2.24.